The quantitative estimate of drug-likeness (QED) is 0.675. The maximum atomic E-state index is 4.48. The Labute approximate surface area is 113 Å². The number of hydrogen-bond donors (Lipinski definition) is 0. The Hall–Kier alpha value is -2.02. The zero-order valence-electron chi connectivity index (χ0n) is 10.4. The molecule has 3 aromatic heterocycles. The third-order valence-electron chi connectivity index (χ3n) is 3.63. The predicted octanol–water partition coefficient (Wildman–Crippen LogP) is 1.70. The molecule has 1 aliphatic heterocycles. The van der Waals surface area contributed by atoms with Gasteiger partial charge in [0, 0.05) is 11.4 Å². The summed E-state index contributed by atoms with van der Waals surface area (Å²) in [7, 11) is 0. The van der Waals surface area contributed by atoms with Crippen LogP contribution in [0.5, 0.6) is 0 Å². The minimum atomic E-state index is 0.344. The first kappa shape index (κ1) is 10.9. The number of fused-ring (bicyclic) bond motifs is 2. The molecule has 0 bridgehead atoms. The second kappa shape index (κ2) is 3.99. The molecular weight excluding hydrogens is 260 g/mol. The van der Waals surface area contributed by atoms with Gasteiger partial charge in [0.15, 0.2) is 11.5 Å². The molecule has 0 fully saturated rings. The number of anilines is 1. The van der Waals surface area contributed by atoms with Crippen LogP contribution in [0.25, 0.3) is 5.65 Å². The van der Waals surface area contributed by atoms with Crippen LogP contribution in [0.4, 0.5) is 5.82 Å². The van der Waals surface area contributed by atoms with Gasteiger partial charge in [-0.05, 0) is 52.9 Å². The van der Waals surface area contributed by atoms with Crippen molar-refractivity contribution in [3.63, 3.8) is 0 Å². The third kappa shape index (κ3) is 1.61. The Bertz CT molecular complexity index is 732. The normalized spacial score (nSPS) is 18.8. The lowest BCUT2D eigenvalue weighted by molar-refractivity contribution is 0.610. The summed E-state index contributed by atoms with van der Waals surface area (Å²) in [4.78, 5) is 3.79. The second-order valence-corrected chi connectivity index (χ2v) is 5.64. The monoisotopic (exact) mass is 272 g/mol. The molecule has 0 unspecified atom stereocenters. The van der Waals surface area contributed by atoms with Crippen LogP contribution in [0.1, 0.15) is 23.4 Å². The van der Waals surface area contributed by atoms with Crippen LogP contribution in [-0.4, -0.2) is 31.8 Å². The number of thiophene rings is 1. The summed E-state index contributed by atoms with van der Waals surface area (Å²) < 4.78 is 1.48. The Morgan fingerprint density at radius 1 is 1.32 bits per heavy atom. The van der Waals surface area contributed by atoms with Crippen molar-refractivity contribution in [2.75, 3.05) is 11.4 Å². The fraction of sp³-hybridized carbons (Fsp3) is 0.333. The van der Waals surface area contributed by atoms with Crippen molar-refractivity contribution in [1.82, 2.24) is 25.3 Å². The molecular formula is C12H12N6S. The van der Waals surface area contributed by atoms with Gasteiger partial charge in [0.1, 0.15) is 0 Å². The lowest BCUT2D eigenvalue weighted by Gasteiger charge is -2.34. The molecule has 0 saturated heterocycles. The van der Waals surface area contributed by atoms with Crippen molar-refractivity contribution in [3.05, 3.63) is 34.0 Å². The highest BCUT2D eigenvalue weighted by Crippen LogP contribution is 2.34. The molecule has 1 aliphatic rings. The number of nitrogens with zero attached hydrogens (tertiary/aromatic N) is 6. The van der Waals surface area contributed by atoms with Gasteiger partial charge in [-0.1, -0.05) is 0 Å². The average Bonchev–Trinajstić information content (AvgIpc) is 3.07. The molecule has 0 aliphatic carbocycles. The summed E-state index contributed by atoms with van der Waals surface area (Å²) in [6.45, 7) is 3.20. The van der Waals surface area contributed by atoms with Crippen LogP contribution >= 0.6 is 11.3 Å². The summed E-state index contributed by atoms with van der Waals surface area (Å²) in [5.41, 5.74) is 2.08. The molecule has 0 amide bonds. The molecule has 4 rings (SSSR count). The van der Waals surface area contributed by atoms with Gasteiger partial charge in [-0.25, -0.2) is 0 Å². The molecule has 0 radical (unpaired) electrons. The Balaban J connectivity index is 1.76. The maximum Gasteiger partial charge on any atom is 0.200 e. The van der Waals surface area contributed by atoms with E-state index in [1.807, 2.05) is 23.5 Å². The summed E-state index contributed by atoms with van der Waals surface area (Å²) in [6, 6.07) is 6.45. The lowest BCUT2D eigenvalue weighted by Crippen LogP contribution is -2.34. The first-order valence-corrected chi connectivity index (χ1v) is 7.09. The standard InChI is InChI=1S/C12H12N6S/c1-8-9-5-7-19-10(9)4-6-17(8)12-3-2-11-13-15-16-18(11)14-12/h2-3,5,7-8H,4,6H2,1H3/t8-/m1/s1. The van der Waals surface area contributed by atoms with E-state index < -0.39 is 0 Å². The van der Waals surface area contributed by atoms with Crippen molar-refractivity contribution < 1.29 is 0 Å². The zero-order chi connectivity index (χ0) is 12.8. The highest BCUT2D eigenvalue weighted by Gasteiger charge is 2.26. The minimum absolute atomic E-state index is 0.344. The third-order valence-corrected chi connectivity index (χ3v) is 4.62. The predicted molar refractivity (Wildman–Crippen MR) is 72.4 cm³/mol. The van der Waals surface area contributed by atoms with Crippen molar-refractivity contribution in [1.29, 1.82) is 0 Å². The summed E-state index contributed by atoms with van der Waals surface area (Å²) in [5, 5.41) is 18.0. The van der Waals surface area contributed by atoms with Crippen LogP contribution in [-0.2, 0) is 6.42 Å². The molecule has 96 valence electrons. The van der Waals surface area contributed by atoms with E-state index in [0.29, 0.717) is 11.7 Å². The second-order valence-electron chi connectivity index (χ2n) is 4.64. The maximum absolute atomic E-state index is 4.48. The van der Waals surface area contributed by atoms with Gasteiger partial charge in [-0.2, -0.15) is 0 Å². The molecule has 1 atom stereocenters. The van der Waals surface area contributed by atoms with E-state index in [4.69, 9.17) is 0 Å². The Morgan fingerprint density at radius 3 is 3.21 bits per heavy atom. The van der Waals surface area contributed by atoms with E-state index in [1.54, 1.807) is 0 Å². The molecule has 19 heavy (non-hydrogen) atoms. The fourth-order valence-electron chi connectivity index (χ4n) is 2.62. The van der Waals surface area contributed by atoms with Gasteiger partial charge >= 0.3 is 0 Å². The number of rotatable bonds is 1. The molecule has 0 aromatic carbocycles. The van der Waals surface area contributed by atoms with E-state index in [1.165, 1.54) is 15.1 Å². The van der Waals surface area contributed by atoms with Crippen molar-refractivity contribution >= 4 is 22.8 Å². The Morgan fingerprint density at radius 2 is 2.26 bits per heavy atom. The first-order chi connectivity index (χ1) is 9.33. The van der Waals surface area contributed by atoms with Crippen LogP contribution < -0.4 is 4.90 Å². The number of hydrogen-bond acceptors (Lipinski definition) is 6. The van der Waals surface area contributed by atoms with Gasteiger partial charge in [-0.3, -0.25) is 0 Å². The molecule has 7 heteroatoms. The topological polar surface area (TPSA) is 59.2 Å². The van der Waals surface area contributed by atoms with Gasteiger partial charge in [-0.15, -0.1) is 26.2 Å². The van der Waals surface area contributed by atoms with Gasteiger partial charge in [0.25, 0.3) is 0 Å². The first-order valence-electron chi connectivity index (χ1n) is 6.21. The average molecular weight is 272 g/mol. The smallest absolute Gasteiger partial charge is 0.200 e. The van der Waals surface area contributed by atoms with Crippen molar-refractivity contribution in [2.24, 2.45) is 0 Å². The zero-order valence-corrected chi connectivity index (χ0v) is 11.2. The summed E-state index contributed by atoms with van der Waals surface area (Å²) in [6.07, 6.45) is 1.08. The van der Waals surface area contributed by atoms with Gasteiger partial charge < -0.3 is 4.90 Å². The minimum Gasteiger partial charge on any atom is -0.348 e. The van der Waals surface area contributed by atoms with E-state index in [0.717, 1.165) is 18.8 Å². The molecule has 3 aromatic rings. The van der Waals surface area contributed by atoms with E-state index in [-0.39, 0.29) is 0 Å². The van der Waals surface area contributed by atoms with Crippen LogP contribution in [0.15, 0.2) is 23.6 Å². The van der Waals surface area contributed by atoms with Crippen molar-refractivity contribution in [2.45, 2.75) is 19.4 Å². The highest BCUT2D eigenvalue weighted by atomic mass is 32.1. The highest BCUT2D eigenvalue weighted by molar-refractivity contribution is 7.10. The molecule has 4 heterocycles. The summed E-state index contributed by atoms with van der Waals surface area (Å²) >= 11 is 1.85. The van der Waals surface area contributed by atoms with Gasteiger partial charge in [0.2, 0.25) is 0 Å². The van der Waals surface area contributed by atoms with Crippen LogP contribution in [0, 0.1) is 0 Å². The van der Waals surface area contributed by atoms with Crippen LogP contribution in [0.2, 0.25) is 0 Å². The molecule has 0 spiro atoms. The largest absolute Gasteiger partial charge is 0.348 e. The molecule has 6 nitrogen and oxygen atoms in total. The van der Waals surface area contributed by atoms with Crippen LogP contribution in [0.3, 0.4) is 0 Å². The fourth-order valence-corrected chi connectivity index (χ4v) is 3.58. The molecule has 0 N–H and O–H groups in total. The molecule has 0 saturated carbocycles. The SMILES string of the molecule is C[C@@H]1c2ccsc2CCN1c1ccc2nnnn2n1. The Kier molecular flexibility index (Phi) is 2.28. The van der Waals surface area contributed by atoms with Gasteiger partial charge in [0.05, 0.1) is 6.04 Å². The van der Waals surface area contributed by atoms with Crippen molar-refractivity contribution in [3.8, 4) is 0 Å². The van der Waals surface area contributed by atoms with E-state index in [9.17, 15) is 0 Å². The number of aromatic nitrogens is 5. The lowest BCUT2D eigenvalue weighted by atomic mass is 10.0. The van der Waals surface area contributed by atoms with E-state index in [2.05, 4.69) is 43.9 Å². The summed E-state index contributed by atoms with van der Waals surface area (Å²) in [5.74, 6) is 0.921. The van der Waals surface area contributed by atoms with E-state index >= 15 is 0 Å². The number of tetrazole rings is 1.